The van der Waals surface area contributed by atoms with Crippen molar-refractivity contribution >= 4 is 17.6 Å². The monoisotopic (exact) mass is 292 g/mol. The molecule has 0 saturated heterocycles. The van der Waals surface area contributed by atoms with Crippen LogP contribution in [0.15, 0.2) is 29.4 Å². The highest BCUT2D eigenvalue weighted by atomic mass is 32.2. The summed E-state index contributed by atoms with van der Waals surface area (Å²) >= 11 is 1.40. The van der Waals surface area contributed by atoms with E-state index in [1.807, 2.05) is 6.26 Å². The van der Waals surface area contributed by atoms with Gasteiger partial charge in [0.05, 0.1) is 0 Å². The molecule has 0 amide bonds. The first-order chi connectivity index (χ1) is 9.78. The van der Waals surface area contributed by atoms with Gasteiger partial charge >= 0.3 is 0 Å². The highest BCUT2D eigenvalue weighted by Gasteiger charge is 2.14. The number of anilines is 1. The van der Waals surface area contributed by atoms with Crippen molar-refractivity contribution in [1.29, 1.82) is 0 Å². The zero-order chi connectivity index (χ0) is 13.9. The van der Waals surface area contributed by atoms with Gasteiger partial charge in [-0.1, -0.05) is 11.8 Å². The number of nitrogens with zero attached hydrogens (tertiary/aromatic N) is 2. The predicted molar refractivity (Wildman–Crippen MR) is 74.3 cm³/mol. The molecule has 0 radical (unpaired) electrons. The molecule has 1 aliphatic heterocycles. The lowest BCUT2D eigenvalue weighted by atomic mass is 10.3. The Balaban J connectivity index is 1.87. The molecule has 0 unspecified atom stereocenters. The quantitative estimate of drug-likeness (QED) is 0.383. The van der Waals surface area contributed by atoms with Crippen LogP contribution in [0.1, 0.15) is 0 Å². The van der Waals surface area contributed by atoms with E-state index in [1.54, 1.807) is 24.3 Å². The van der Waals surface area contributed by atoms with Gasteiger partial charge in [-0.3, -0.25) is 0 Å². The average Bonchev–Trinajstić information content (AvgIpc) is 2.94. The number of hydrazine groups is 1. The first-order valence-electron chi connectivity index (χ1n) is 5.75. The van der Waals surface area contributed by atoms with Crippen LogP contribution in [0.3, 0.4) is 0 Å². The van der Waals surface area contributed by atoms with Crippen molar-refractivity contribution in [3.8, 4) is 23.1 Å². The number of nitrogens with one attached hydrogen (secondary N) is 1. The lowest BCUT2D eigenvalue weighted by molar-refractivity contribution is 0.174. The second-order valence-corrected chi connectivity index (χ2v) is 4.61. The maximum Gasteiger partial charge on any atom is 0.231 e. The number of fused-ring (bicyclic) bond motifs is 1. The minimum atomic E-state index is 0.226. The van der Waals surface area contributed by atoms with E-state index >= 15 is 0 Å². The summed E-state index contributed by atoms with van der Waals surface area (Å²) in [5, 5.41) is 0.566. The number of aromatic nitrogens is 2. The van der Waals surface area contributed by atoms with Gasteiger partial charge < -0.3 is 19.6 Å². The molecule has 3 N–H and O–H groups in total. The Labute approximate surface area is 119 Å². The van der Waals surface area contributed by atoms with Crippen LogP contribution in [0.5, 0.6) is 23.1 Å². The lowest BCUT2D eigenvalue weighted by Crippen LogP contribution is -2.09. The van der Waals surface area contributed by atoms with Crippen LogP contribution in [0.25, 0.3) is 0 Å². The van der Waals surface area contributed by atoms with Gasteiger partial charge in [-0.2, -0.15) is 4.98 Å². The van der Waals surface area contributed by atoms with Gasteiger partial charge in [0.1, 0.15) is 11.6 Å². The van der Waals surface area contributed by atoms with Gasteiger partial charge in [-0.15, -0.1) is 0 Å². The fraction of sp³-hybridized carbons (Fsp3) is 0.167. The zero-order valence-corrected chi connectivity index (χ0v) is 11.4. The molecule has 0 spiro atoms. The van der Waals surface area contributed by atoms with Crippen molar-refractivity contribution in [3.05, 3.63) is 24.3 Å². The summed E-state index contributed by atoms with van der Waals surface area (Å²) in [6, 6.07) is 6.93. The molecule has 3 rings (SSSR count). The molecule has 7 nitrogen and oxygen atoms in total. The standard InChI is InChI=1S/C12H12N4O3S/c1-20-12-14-10(16-13)5-11(15-12)19-7-2-3-8-9(4-7)18-6-17-8/h2-5H,6,13H2,1H3,(H,14,15,16). The Morgan fingerprint density at radius 1 is 1.25 bits per heavy atom. The van der Waals surface area contributed by atoms with E-state index in [1.165, 1.54) is 11.8 Å². The Bertz CT molecular complexity index is 616. The summed E-state index contributed by atoms with van der Waals surface area (Å²) in [6.07, 6.45) is 1.87. The van der Waals surface area contributed by atoms with Gasteiger partial charge in [0.2, 0.25) is 12.7 Å². The highest BCUT2D eigenvalue weighted by Crippen LogP contribution is 2.36. The molecule has 8 heteroatoms. The summed E-state index contributed by atoms with van der Waals surface area (Å²) in [5.41, 5.74) is 2.48. The number of hydrogen-bond donors (Lipinski definition) is 2. The topological polar surface area (TPSA) is 91.5 Å². The second kappa shape index (κ2) is 5.43. The van der Waals surface area contributed by atoms with Gasteiger partial charge in [0.25, 0.3) is 0 Å². The lowest BCUT2D eigenvalue weighted by Gasteiger charge is -2.08. The summed E-state index contributed by atoms with van der Waals surface area (Å²) < 4.78 is 16.2. The number of ether oxygens (including phenoxy) is 3. The third kappa shape index (κ3) is 2.56. The maximum absolute atomic E-state index is 5.69. The minimum Gasteiger partial charge on any atom is -0.454 e. The number of rotatable bonds is 4. The van der Waals surface area contributed by atoms with Crippen molar-refractivity contribution in [3.63, 3.8) is 0 Å². The number of thioether (sulfide) groups is 1. The number of hydrogen-bond acceptors (Lipinski definition) is 8. The Morgan fingerprint density at radius 2 is 2.10 bits per heavy atom. The second-order valence-electron chi connectivity index (χ2n) is 3.84. The molecule has 1 aromatic heterocycles. The van der Waals surface area contributed by atoms with Crippen LogP contribution in [0.4, 0.5) is 5.82 Å². The van der Waals surface area contributed by atoms with Crippen LogP contribution in [0.2, 0.25) is 0 Å². The molecule has 0 atom stereocenters. The fourth-order valence-electron chi connectivity index (χ4n) is 1.68. The normalized spacial score (nSPS) is 12.3. The third-order valence-corrected chi connectivity index (χ3v) is 3.13. The van der Waals surface area contributed by atoms with E-state index in [0.29, 0.717) is 34.1 Å². The summed E-state index contributed by atoms with van der Waals surface area (Å²) in [6.45, 7) is 0.226. The van der Waals surface area contributed by atoms with Crippen LogP contribution in [-0.4, -0.2) is 23.0 Å². The third-order valence-electron chi connectivity index (χ3n) is 2.58. The van der Waals surface area contributed by atoms with Gasteiger partial charge in [0.15, 0.2) is 16.7 Å². The van der Waals surface area contributed by atoms with Gasteiger partial charge in [0, 0.05) is 12.1 Å². The largest absolute Gasteiger partial charge is 0.454 e. The van der Waals surface area contributed by atoms with Crippen molar-refractivity contribution in [2.75, 3.05) is 18.5 Å². The molecule has 1 aliphatic rings. The molecular weight excluding hydrogens is 280 g/mol. The number of nitrogen functional groups attached to an aromatic ring is 1. The molecule has 0 bridgehead atoms. The Kier molecular flexibility index (Phi) is 3.48. The van der Waals surface area contributed by atoms with E-state index in [4.69, 9.17) is 20.1 Å². The predicted octanol–water partition coefficient (Wildman–Crippen LogP) is 2.01. The molecule has 0 saturated carbocycles. The maximum atomic E-state index is 5.69. The molecule has 0 aliphatic carbocycles. The van der Waals surface area contributed by atoms with E-state index in [9.17, 15) is 0 Å². The zero-order valence-electron chi connectivity index (χ0n) is 10.6. The van der Waals surface area contributed by atoms with Crippen molar-refractivity contribution in [1.82, 2.24) is 9.97 Å². The van der Waals surface area contributed by atoms with Crippen molar-refractivity contribution in [2.45, 2.75) is 5.16 Å². The molecule has 20 heavy (non-hydrogen) atoms. The van der Waals surface area contributed by atoms with Crippen LogP contribution >= 0.6 is 11.8 Å². The molecule has 104 valence electrons. The highest BCUT2D eigenvalue weighted by molar-refractivity contribution is 7.98. The van der Waals surface area contributed by atoms with Crippen LogP contribution < -0.4 is 25.5 Å². The smallest absolute Gasteiger partial charge is 0.231 e. The minimum absolute atomic E-state index is 0.226. The Hall–Kier alpha value is -2.19. The average molecular weight is 292 g/mol. The van der Waals surface area contributed by atoms with Crippen molar-refractivity contribution in [2.24, 2.45) is 5.84 Å². The van der Waals surface area contributed by atoms with Crippen molar-refractivity contribution < 1.29 is 14.2 Å². The molecule has 0 fully saturated rings. The van der Waals surface area contributed by atoms with Gasteiger partial charge in [-0.05, 0) is 18.4 Å². The Morgan fingerprint density at radius 3 is 2.90 bits per heavy atom. The first kappa shape index (κ1) is 12.8. The van der Waals surface area contributed by atoms with E-state index in [0.717, 1.165) is 0 Å². The van der Waals surface area contributed by atoms with E-state index in [-0.39, 0.29) is 6.79 Å². The summed E-state index contributed by atoms with van der Waals surface area (Å²) in [4.78, 5) is 8.41. The number of nitrogens with two attached hydrogens (primary N) is 1. The fourth-order valence-corrected chi connectivity index (χ4v) is 2.05. The van der Waals surface area contributed by atoms with Gasteiger partial charge in [-0.25, -0.2) is 10.8 Å². The molecule has 2 aromatic rings. The molecule has 1 aromatic carbocycles. The first-order valence-corrected chi connectivity index (χ1v) is 6.98. The summed E-state index contributed by atoms with van der Waals surface area (Å²) in [7, 11) is 0. The molecule has 2 heterocycles. The van der Waals surface area contributed by atoms with E-state index in [2.05, 4.69) is 15.4 Å². The summed E-state index contributed by atoms with van der Waals surface area (Å²) in [5.74, 6) is 8.21. The van der Waals surface area contributed by atoms with E-state index < -0.39 is 0 Å². The van der Waals surface area contributed by atoms with Crippen LogP contribution in [-0.2, 0) is 0 Å². The van der Waals surface area contributed by atoms with Crippen LogP contribution in [0, 0.1) is 0 Å². The number of benzene rings is 1. The molecular formula is C12H12N4O3S. The SMILES string of the molecule is CSc1nc(NN)cc(Oc2ccc3c(c2)OCO3)n1.